The highest BCUT2D eigenvalue weighted by Gasteiger charge is 2.13. The normalized spacial score (nSPS) is 16.2. The molecule has 0 aromatic heterocycles. The summed E-state index contributed by atoms with van der Waals surface area (Å²) in [5.74, 6) is -0.0247. The summed E-state index contributed by atoms with van der Waals surface area (Å²) in [6.07, 6.45) is 4.36. The smallest absolute Gasteiger partial charge is 0.265 e. The zero-order valence-electron chi connectivity index (χ0n) is 11.1. The topological polar surface area (TPSA) is 32.3 Å². The summed E-state index contributed by atoms with van der Waals surface area (Å²) >= 11 is 0. The van der Waals surface area contributed by atoms with Crippen LogP contribution in [0, 0.1) is 6.92 Å². The van der Waals surface area contributed by atoms with E-state index in [4.69, 9.17) is 0 Å². The Hall–Kier alpha value is -1.61. The van der Waals surface area contributed by atoms with E-state index >= 15 is 0 Å². The van der Waals surface area contributed by atoms with Crippen LogP contribution < -0.4 is 5.43 Å². The fraction of sp³-hybridized carbons (Fsp3) is 0.400. The van der Waals surface area contributed by atoms with E-state index in [9.17, 15) is 4.79 Å². The van der Waals surface area contributed by atoms with Gasteiger partial charge in [0.25, 0.3) is 5.91 Å². The van der Waals surface area contributed by atoms with Crippen molar-refractivity contribution in [2.45, 2.75) is 26.7 Å². The van der Waals surface area contributed by atoms with E-state index in [0.717, 1.165) is 25.9 Å². The van der Waals surface area contributed by atoms with Crippen LogP contribution in [0.3, 0.4) is 0 Å². The summed E-state index contributed by atoms with van der Waals surface area (Å²) in [6, 6.07) is 7.64. The number of hydrogen-bond acceptors (Lipinski definition) is 2. The summed E-state index contributed by atoms with van der Waals surface area (Å²) in [5, 5.41) is 1.97. The average Bonchev–Trinajstić information content (AvgIpc) is 2.40. The minimum absolute atomic E-state index is 0.0247. The number of hydrogen-bond donors (Lipinski definition) is 1. The average molecular weight is 244 g/mol. The van der Waals surface area contributed by atoms with E-state index in [0.29, 0.717) is 5.56 Å². The number of carbonyl (C=O) groups is 1. The fourth-order valence-corrected chi connectivity index (χ4v) is 2.05. The molecule has 1 amide bonds. The number of amides is 1. The molecule has 96 valence electrons. The lowest BCUT2D eigenvalue weighted by Gasteiger charge is -2.26. The molecular formula is C15H20N2O. The second-order valence-electron chi connectivity index (χ2n) is 4.72. The second kappa shape index (κ2) is 5.83. The van der Waals surface area contributed by atoms with Crippen molar-refractivity contribution in [3.8, 4) is 0 Å². The SMILES string of the molecule is CCC1=CCN(NC(=O)c2ccc(C)cc2)CC1. The highest BCUT2D eigenvalue weighted by atomic mass is 16.2. The van der Waals surface area contributed by atoms with Crippen molar-refractivity contribution >= 4 is 5.91 Å². The van der Waals surface area contributed by atoms with Crippen LogP contribution in [0.15, 0.2) is 35.9 Å². The predicted octanol–water partition coefficient (Wildman–Crippen LogP) is 2.68. The highest BCUT2D eigenvalue weighted by molar-refractivity contribution is 5.93. The van der Waals surface area contributed by atoms with Gasteiger partial charge in [-0.05, 0) is 31.9 Å². The van der Waals surface area contributed by atoms with Gasteiger partial charge in [0.05, 0.1) is 0 Å². The van der Waals surface area contributed by atoms with Gasteiger partial charge in [-0.3, -0.25) is 10.2 Å². The van der Waals surface area contributed by atoms with Crippen molar-refractivity contribution in [1.29, 1.82) is 0 Å². The van der Waals surface area contributed by atoms with Gasteiger partial charge in [0.15, 0.2) is 0 Å². The standard InChI is InChI=1S/C15H20N2O/c1-3-13-8-10-17(11-9-13)16-15(18)14-6-4-12(2)5-7-14/h4-8H,3,9-11H2,1-2H3,(H,16,18). The van der Waals surface area contributed by atoms with Crippen molar-refractivity contribution < 1.29 is 4.79 Å². The van der Waals surface area contributed by atoms with E-state index in [1.165, 1.54) is 11.1 Å². The molecule has 1 aromatic rings. The molecule has 3 heteroatoms. The number of aryl methyl sites for hydroxylation is 1. The predicted molar refractivity (Wildman–Crippen MR) is 73.2 cm³/mol. The van der Waals surface area contributed by atoms with Gasteiger partial charge >= 0.3 is 0 Å². The van der Waals surface area contributed by atoms with Crippen LogP contribution in [0.5, 0.6) is 0 Å². The molecule has 2 rings (SSSR count). The zero-order valence-corrected chi connectivity index (χ0v) is 11.1. The third-order valence-corrected chi connectivity index (χ3v) is 3.33. The van der Waals surface area contributed by atoms with Gasteiger partial charge in [-0.25, -0.2) is 5.01 Å². The lowest BCUT2D eigenvalue weighted by atomic mass is 10.1. The molecule has 18 heavy (non-hydrogen) atoms. The molecule has 0 atom stereocenters. The van der Waals surface area contributed by atoms with Gasteiger partial charge in [-0.15, -0.1) is 0 Å². The van der Waals surface area contributed by atoms with Crippen molar-refractivity contribution in [3.05, 3.63) is 47.0 Å². The third kappa shape index (κ3) is 3.20. The molecule has 0 fully saturated rings. The van der Waals surface area contributed by atoms with Crippen molar-refractivity contribution in [1.82, 2.24) is 10.4 Å². The molecule has 3 nitrogen and oxygen atoms in total. The maximum atomic E-state index is 12.0. The molecule has 1 N–H and O–H groups in total. The molecular weight excluding hydrogens is 224 g/mol. The Morgan fingerprint density at radius 1 is 1.33 bits per heavy atom. The van der Waals surface area contributed by atoms with Gasteiger partial charge in [-0.2, -0.15) is 0 Å². The largest absolute Gasteiger partial charge is 0.284 e. The number of nitrogens with zero attached hydrogens (tertiary/aromatic N) is 1. The fourth-order valence-electron chi connectivity index (χ4n) is 2.05. The first kappa shape index (κ1) is 12.8. The number of nitrogens with one attached hydrogen (secondary N) is 1. The van der Waals surface area contributed by atoms with Crippen molar-refractivity contribution in [3.63, 3.8) is 0 Å². The van der Waals surface area contributed by atoms with Crippen LogP contribution in [0.1, 0.15) is 35.7 Å². The number of carbonyl (C=O) groups excluding carboxylic acids is 1. The van der Waals surface area contributed by atoms with E-state index in [-0.39, 0.29) is 5.91 Å². The lowest BCUT2D eigenvalue weighted by Crippen LogP contribution is -2.44. The maximum absolute atomic E-state index is 12.0. The summed E-state index contributed by atoms with van der Waals surface area (Å²) in [4.78, 5) is 12.0. The van der Waals surface area contributed by atoms with E-state index in [1.807, 2.05) is 36.2 Å². The lowest BCUT2D eigenvalue weighted by molar-refractivity contribution is 0.0801. The molecule has 1 aromatic carbocycles. The molecule has 0 bridgehead atoms. The quantitative estimate of drug-likeness (QED) is 0.829. The first-order chi connectivity index (χ1) is 8.69. The highest BCUT2D eigenvalue weighted by Crippen LogP contribution is 2.12. The Morgan fingerprint density at radius 2 is 2.06 bits per heavy atom. The van der Waals surface area contributed by atoms with Gasteiger partial charge < -0.3 is 0 Å². The maximum Gasteiger partial charge on any atom is 0.265 e. The van der Waals surface area contributed by atoms with E-state index in [1.54, 1.807) is 0 Å². The molecule has 0 spiro atoms. The molecule has 0 saturated carbocycles. The van der Waals surface area contributed by atoms with E-state index < -0.39 is 0 Å². The summed E-state index contributed by atoms with van der Waals surface area (Å²) in [7, 11) is 0. The Balaban J connectivity index is 1.92. The van der Waals surface area contributed by atoms with Gasteiger partial charge in [0.2, 0.25) is 0 Å². The van der Waals surface area contributed by atoms with Crippen LogP contribution >= 0.6 is 0 Å². The Kier molecular flexibility index (Phi) is 4.15. The van der Waals surface area contributed by atoms with Gasteiger partial charge in [0.1, 0.15) is 0 Å². The van der Waals surface area contributed by atoms with Crippen LogP contribution in [0.2, 0.25) is 0 Å². The summed E-state index contributed by atoms with van der Waals surface area (Å²) in [6.45, 7) is 5.90. The first-order valence-electron chi connectivity index (χ1n) is 6.49. The van der Waals surface area contributed by atoms with Crippen molar-refractivity contribution in [2.24, 2.45) is 0 Å². The Morgan fingerprint density at radius 3 is 2.61 bits per heavy atom. The molecule has 0 radical (unpaired) electrons. The molecule has 0 saturated heterocycles. The molecule has 1 heterocycles. The minimum Gasteiger partial charge on any atom is -0.284 e. The Bertz CT molecular complexity index is 448. The Labute approximate surface area is 108 Å². The molecule has 0 unspecified atom stereocenters. The molecule has 1 aliphatic heterocycles. The number of benzene rings is 1. The second-order valence-corrected chi connectivity index (χ2v) is 4.72. The zero-order chi connectivity index (χ0) is 13.0. The van der Waals surface area contributed by atoms with Crippen LogP contribution in [0.25, 0.3) is 0 Å². The summed E-state index contributed by atoms with van der Waals surface area (Å²) in [5.41, 5.74) is 6.31. The van der Waals surface area contributed by atoms with E-state index in [2.05, 4.69) is 18.4 Å². The molecule has 1 aliphatic rings. The number of hydrazine groups is 1. The van der Waals surface area contributed by atoms with Gasteiger partial charge in [-0.1, -0.05) is 36.3 Å². The van der Waals surface area contributed by atoms with Crippen LogP contribution in [-0.2, 0) is 0 Å². The van der Waals surface area contributed by atoms with Crippen LogP contribution in [-0.4, -0.2) is 24.0 Å². The van der Waals surface area contributed by atoms with Gasteiger partial charge in [0, 0.05) is 18.7 Å². The van der Waals surface area contributed by atoms with Crippen LogP contribution in [0.4, 0.5) is 0 Å². The molecule has 0 aliphatic carbocycles. The minimum atomic E-state index is -0.0247. The monoisotopic (exact) mass is 244 g/mol. The third-order valence-electron chi connectivity index (χ3n) is 3.33. The first-order valence-corrected chi connectivity index (χ1v) is 6.49. The number of rotatable bonds is 3. The summed E-state index contributed by atoms with van der Waals surface area (Å²) < 4.78 is 0. The van der Waals surface area contributed by atoms with Crippen molar-refractivity contribution in [2.75, 3.05) is 13.1 Å².